The molecule has 0 saturated heterocycles. The zero-order valence-electron chi connectivity index (χ0n) is 19.8. The molecule has 3 rings (SSSR count). The largest absolute Gasteiger partial charge is 0.352 e. The van der Waals surface area contributed by atoms with Gasteiger partial charge in [-0.2, -0.15) is 0 Å². The van der Waals surface area contributed by atoms with Crippen molar-refractivity contribution in [2.45, 2.75) is 51.7 Å². The van der Waals surface area contributed by atoms with Crippen LogP contribution >= 0.6 is 34.8 Å². The maximum Gasteiger partial charge on any atom is 0.243 e. The molecule has 0 aliphatic rings. The van der Waals surface area contributed by atoms with Crippen molar-refractivity contribution < 1.29 is 9.59 Å². The van der Waals surface area contributed by atoms with E-state index in [1.165, 1.54) is 0 Å². The highest BCUT2D eigenvalue weighted by Gasteiger charge is 2.31. The van der Waals surface area contributed by atoms with Crippen LogP contribution in [0.1, 0.15) is 37.0 Å². The van der Waals surface area contributed by atoms with E-state index in [9.17, 15) is 9.59 Å². The van der Waals surface area contributed by atoms with E-state index in [1.54, 1.807) is 41.3 Å². The number of nitrogens with one attached hydrogen (secondary N) is 1. The van der Waals surface area contributed by atoms with Crippen LogP contribution in [0.3, 0.4) is 0 Å². The molecule has 0 bridgehead atoms. The number of carbonyl (C=O) groups is 2. The van der Waals surface area contributed by atoms with Gasteiger partial charge in [0, 0.05) is 39.6 Å². The quantitative estimate of drug-likeness (QED) is 0.315. The predicted octanol–water partition coefficient (Wildman–Crippen LogP) is 6.74. The fourth-order valence-corrected chi connectivity index (χ4v) is 4.50. The maximum absolute atomic E-state index is 13.8. The third-order valence-corrected chi connectivity index (χ3v) is 6.85. The molecule has 7 heteroatoms. The molecule has 0 heterocycles. The van der Waals surface area contributed by atoms with E-state index in [2.05, 4.69) is 5.32 Å². The maximum atomic E-state index is 13.8. The van der Waals surface area contributed by atoms with Crippen LogP contribution in [-0.2, 0) is 29.0 Å². The third-order valence-electron chi connectivity index (χ3n) is 5.91. The minimum atomic E-state index is -0.759. The molecule has 35 heavy (non-hydrogen) atoms. The Morgan fingerprint density at radius 2 is 1.51 bits per heavy atom. The van der Waals surface area contributed by atoms with Crippen LogP contribution in [0, 0.1) is 0 Å². The Morgan fingerprint density at radius 1 is 0.886 bits per heavy atom. The molecule has 3 aromatic rings. The standard InChI is InChI=1S/C28H29Cl3N2O2/c1-3-19(2)32-28(35)26(16-20-9-5-4-6-10-20)33(18-23-24(30)13-8-14-25(23)31)27(34)17-21-11-7-12-22(29)15-21/h4-15,19,26H,3,16-18H2,1-2H3,(H,32,35)/t19-,26-/m1/s1. The summed E-state index contributed by atoms with van der Waals surface area (Å²) in [5.41, 5.74) is 2.31. The Balaban J connectivity index is 2.02. The zero-order valence-corrected chi connectivity index (χ0v) is 22.1. The lowest BCUT2D eigenvalue weighted by molar-refractivity contribution is -0.141. The smallest absolute Gasteiger partial charge is 0.243 e. The molecular formula is C28H29Cl3N2O2. The van der Waals surface area contributed by atoms with E-state index < -0.39 is 6.04 Å². The molecule has 0 aliphatic heterocycles. The second-order valence-corrected chi connectivity index (χ2v) is 9.80. The first-order chi connectivity index (χ1) is 16.8. The first-order valence-corrected chi connectivity index (χ1v) is 12.7. The molecule has 2 amide bonds. The summed E-state index contributed by atoms with van der Waals surface area (Å²) < 4.78 is 0. The van der Waals surface area contributed by atoms with Gasteiger partial charge in [-0.3, -0.25) is 9.59 Å². The highest BCUT2D eigenvalue weighted by atomic mass is 35.5. The normalized spacial score (nSPS) is 12.6. The van der Waals surface area contributed by atoms with Gasteiger partial charge in [0.05, 0.1) is 6.42 Å². The molecule has 0 aliphatic carbocycles. The summed E-state index contributed by atoms with van der Waals surface area (Å²) in [5.74, 6) is -0.436. The summed E-state index contributed by atoms with van der Waals surface area (Å²) in [6, 6.07) is 21.2. The molecule has 1 N–H and O–H groups in total. The van der Waals surface area contributed by atoms with Crippen molar-refractivity contribution >= 4 is 46.6 Å². The van der Waals surface area contributed by atoms with E-state index >= 15 is 0 Å². The number of benzene rings is 3. The first kappa shape index (κ1) is 27.1. The summed E-state index contributed by atoms with van der Waals surface area (Å²) in [6.07, 6.45) is 1.22. The van der Waals surface area contributed by atoms with Crippen LogP contribution in [0.4, 0.5) is 0 Å². The van der Waals surface area contributed by atoms with Crippen LogP contribution in [0.2, 0.25) is 15.1 Å². The third kappa shape index (κ3) is 7.73. The van der Waals surface area contributed by atoms with E-state index in [4.69, 9.17) is 34.8 Å². The van der Waals surface area contributed by atoms with Crippen molar-refractivity contribution in [3.63, 3.8) is 0 Å². The van der Waals surface area contributed by atoms with Gasteiger partial charge in [-0.15, -0.1) is 0 Å². The lowest BCUT2D eigenvalue weighted by Gasteiger charge is -2.33. The van der Waals surface area contributed by atoms with Gasteiger partial charge >= 0.3 is 0 Å². The number of hydrogen-bond acceptors (Lipinski definition) is 2. The van der Waals surface area contributed by atoms with Crippen molar-refractivity contribution in [1.82, 2.24) is 10.2 Å². The highest BCUT2D eigenvalue weighted by Crippen LogP contribution is 2.28. The molecule has 0 saturated carbocycles. The average molecular weight is 532 g/mol. The minimum Gasteiger partial charge on any atom is -0.352 e. The summed E-state index contributed by atoms with van der Waals surface area (Å²) >= 11 is 19.1. The van der Waals surface area contributed by atoms with Crippen molar-refractivity contribution in [2.24, 2.45) is 0 Å². The first-order valence-electron chi connectivity index (χ1n) is 11.6. The lowest BCUT2D eigenvalue weighted by Crippen LogP contribution is -2.52. The number of hydrogen-bond donors (Lipinski definition) is 1. The average Bonchev–Trinajstić information content (AvgIpc) is 2.83. The second kappa shape index (κ2) is 13.0. The molecule has 0 unspecified atom stereocenters. The molecule has 4 nitrogen and oxygen atoms in total. The van der Waals surface area contributed by atoms with Crippen LogP contribution in [0.15, 0.2) is 72.8 Å². The van der Waals surface area contributed by atoms with Crippen LogP contribution < -0.4 is 5.32 Å². The molecular weight excluding hydrogens is 503 g/mol. The predicted molar refractivity (Wildman–Crippen MR) is 144 cm³/mol. The van der Waals surface area contributed by atoms with Crippen molar-refractivity contribution in [2.75, 3.05) is 0 Å². The van der Waals surface area contributed by atoms with E-state index in [0.29, 0.717) is 27.1 Å². The van der Waals surface area contributed by atoms with Crippen LogP contribution in [0.25, 0.3) is 0 Å². The molecule has 3 aromatic carbocycles. The summed E-state index contributed by atoms with van der Waals surface area (Å²) in [4.78, 5) is 28.9. The Hall–Kier alpha value is -2.53. The summed E-state index contributed by atoms with van der Waals surface area (Å²) in [6.45, 7) is 4.05. The molecule has 0 radical (unpaired) electrons. The Morgan fingerprint density at radius 3 is 2.14 bits per heavy atom. The van der Waals surface area contributed by atoms with Gasteiger partial charge in [-0.1, -0.05) is 90.3 Å². The van der Waals surface area contributed by atoms with Crippen LogP contribution in [0.5, 0.6) is 0 Å². The SMILES string of the molecule is CC[C@@H](C)NC(=O)[C@@H](Cc1ccccc1)N(Cc1c(Cl)cccc1Cl)C(=O)Cc1cccc(Cl)c1. The number of rotatable bonds is 10. The molecule has 0 aromatic heterocycles. The number of halogens is 3. The monoisotopic (exact) mass is 530 g/mol. The number of carbonyl (C=O) groups excluding carboxylic acids is 2. The van der Waals surface area contributed by atoms with Gasteiger partial charge in [0.25, 0.3) is 0 Å². The fourth-order valence-electron chi connectivity index (χ4n) is 3.77. The minimum absolute atomic E-state index is 0.0328. The zero-order chi connectivity index (χ0) is 25.4. The van der Waals surface area contributed by atoms with Gasteiger partial charge in [-0.05, 0) is 48.7 Å². The second-order valence-electron chi connectivity index (χ2n) is 8.55. The van der Waals surface area contributed by atoms with E-state index in [-0.39, 0.29) is 30.8 Å². The summed E-state index contributed by atoms with van der Waals surface area (Å²) in [5, 5.41) is 4.49. The van der Waals surface area contributed by atoms with Crippen molar-refractivity contribution in [1.29, 1.82) is 0 Å². The molecule has 0 spiro atoms. The number of nitrogens with zero attached hydrogens (tertiary/aromatic N) is 1. The van der Waals surface area contributed by atoms with Crippen molar-refractivity contribution in [3.05, 3.63) is 105 Å². The highest BCUT2D eigenvalue weighted by molar-refractivity contribution is 6.36. The van der Waals surface area contributed by atoms with Gasteiger partial charge in [0.1, 0.15) is 6.04 Å². The molecule has 2 atom stereocenters. The van der Waals surface area contributed by atoms with Gasteiger partial charge in [0.2, 0.25) is 11.8 Å². The molecule has 0 fully saturated rings. The Kier molecular flexibility index (Phi) is 10.0. The van der Waals surface area contributed by atoms with Gasteiger partial charge in [-0.25, -0.2) is 0 Å². The number of amides is 2. The van der Waals surface area contributed by atoms with Crippen molar-refractivity contribution in [3.8, 4) is 0 Å². The van der Waals surface area contributed by atoms with Gasteiger partial charge in [0.15, 0.2) is 0 Å². The fraction of sp³-hybridized carbons (Fsp3) is 0.286. The molecule has 184 valence electrons. The van der Waals surface area contributed by atoms with Gasteiger partial charge < -0.3 is 10.2 Å². The lowest BCUT2D eigenvalue weighted by atomic mass is 10.0. The topological polar surface area (TPSA) is 49.4 Å². The van der Waals surface area contributed by atoms with E-state index in [1.807, 2.05) is 50.2 Å². The summed E-state index contributed by atoms with van der Waals surface area (Å²) in [7, 11) is 0. The Bertz CT molecular complexity index is 1130. The Labute approximate surface area is 222 Å². The van der Waals surface area contributed by atoms with Crippen LogP contribution in [-0.4, -0.2) is 28.8 Å². The van der Waals surface area contributed by atoms with E-state index in [0.717, 1.165) is 17.5 Å².